The van der Waals surface area contributed by atoms with Gasteiger partial charge in [0.25, 0.3) is 0 Å². The van der Waals surface area contributed by atoms with Crippen molar-refractivity contribution in [3.8, 4) is 0 Å². The third-order valence-corrected chi connectivity index (χ3v) is 4.18. The Bertz CT molecular complexity index is 376. The lowest BCUT2D eigenvalue weighted by molar-refractivity contribution is 0.199. The van der Waals surface area contributed by atoms with E-state index in [1.165, 1.54) is 24.8 Å². The van der Waals surface area contributed by atoms with Crippen LogP contribution in [0.1, 0.15) is 55.9 Å². The van der Waals surface area contributed by atoms with Gasteiger partial charge in [-0.1, -0.05) is 32.9 Å². The van der Waals surface area contributed by atoms with Crippen molar-refractivity contribution in [1.82, 2.24) is 5.32 Å². The Morgan fingerprint density at radius 2 is 1.57 bits per heavy atom. The topological polar surface area (TPSA) is 21.3 Å². The second-order valence-electron chi connectivity index (χ2n) is 5.65. The molecule has 0 saturated carbocycles. The number of benzene rings is 1. The highest BCUT2D eigenvalue weighted by atomic mass is 16.5. The molecule has 0 aliphatic heterocycles. The standard InChI is InChI=1S/C19H33NO/c1-5-16-14-17(6-2)19(18(7-3)15-16)10-8-9-11-20-12-13-21-4/h14-15,20H,5-13H2,1-4H3. The van der Waals surface area contributed by atoms with Gasteiger partial charge in [0, 0.05) is 13.7 Å². The Morgan fingerprint density at radius 3 is 2.10 bits per heavy atom. The van der Waals surface area contributed by atoms with E-state index in [1.54, 1.807) is 23.8 Å². The van der Waals surface area contributed by atoms with Crippen LogP contribution in [0.2, 0.25) is 0 Å². The first-order chi connectivity index (χ1) is 10.3. The fourth-order valence-corrected chi connectivity index (χ4v) is 2.88. The first kappa shape index (κ1) is 18.2. The largest absolute Gasteiger partial charge is 0.383 e. The predicted octanol–water partition coefficient (Wildman–Crippen LogP) is 3.93. The normalized spacial score (nSPS) is 11.0. The molecule has 2 nitrogen and oxygen atoms in total. The summed E-state index contributed by atoms with van der Waals surface area (Å²) >= 11 is 0. The van der Waals surface area contributed by atoms with Crippen LogP contribution >= 0.6 is 0 Å². The molecule has 0 aromatic heterocycles. The fourth-order valence-electron chi connectivity index (χ4n) is 2.88. The van der Waals surface area contributed by atoms with E-state index in [0.717, 1.165) is 39.0 Å². The van der Waals surface area contributed by atoms with E-state index < -0.39 is 0 Å². The summed E-state index contributed by atoms with van der Waals surface area (Å²) in [6.45, 7) is 9.67. The maximum atomic E-state index is 5.04. The van der Waals surface area contributed by atoms with E-state index in [4.69, 9.17) is 4.74 Å². The van der Waals surface area contributed by atoms with E-state index in [1.807, 2.05) is 0 Å². The summed E-state index contributed by atoms with van der Waals surface area (Å²) in [5.74, 6) is 0. The highest BCUT2D eigenvalue weighted by Crippen LogP contribution is 2.22. The van der Waals surface area contributed by atoms with Crippen molar-refractivity contribution in [2.75, 3.05) is 26.8 Å². The molecular formula is C19H33NO. The Balaban J connectivity index is 2.53. The van der Waals surface area contributed by atoms with Crippen molar-refractivity contribution >= 4 is 0 Å². The van der Waals surface area contributed by atoms with E-state index >= 15 is 0 Å². The second kappa shape index (κ2) is 10.8. The minimum absolute atomic E-state index is 0.804. The predicted molar refractivity (Wildman–Crippen MR) is 92.3 cm³/mol. The molecule has 0 spiro atoms. The average molecular weight is 291 g/mol. The molecule has 0 atom stereocenters. The first-order valence-corrected chi connectivity index (χ1v) is 8.59. The summed E-state index contributed by atoms with van der Waals surface area (Å²) < 4.78 is 5.04. The zero-order valence-electron chi connectivity index (χ0n) is 14.4. The minimum atomic E-state index is 0.804. The SMILES string of the molecule is CCc1cc(CC)c(CCCCNCCOC)c(CC)c1. The Morgan fingerprint density at radius 1 is 0.905 bits per heavy atom. The smallest absolute Gasteiger partial charge is 0.0587 e. The maximum absolute atomic E-state index is 5.04. The molecule has 0 radical (unpaired) electrons. The molecule has 2 heteroatoms. The van der Waals surface area contributed by atoms with Gasteiger partial charge in [-0.05, 0) is 67.3 Å². The van der Waals surface area contributed by atoms with Gasteiger partial charge < -0.3 is 10.1 Å². The van der Waals surface area contributed by atoms with Crippen molar-refractivity contribution in [3.63, 3.8) is 0 Å². The molecule has 0 fully saturated rings. The van der Waals surface area contributed by atoms with Crippen molar-refractivity contribution in [2.45, 2.75) is 59.3 Å². The molecule has 0 saturated heterocycles. The van der Waals surface area contributed by atoms with Crippen LogP contribution in [0.4, 0.5) is 0 Å². The number of ether oxygens (including phenoxy) is 1. The fraction of sp³-hybridized carbons (Fsp3) is 0.684. The van der Waals surface area contributed by atoms with Gasteiger partial charge in [-0.25, -0.2) is 0 Å². The Labute approximate surface area is 131 Å². The van der Waals surface area contributed by atoms with Gasteiger partial charge in [-0.2, -0.15) is 0 Å². The quantitative estimate of drug-likeness (QED) is 0.624. The minimum Gasteiger partial charge on any atom is -0.383 e. The molecular weight excluding hydrogens is 258 g/mol. The second-order valence-corrected chi connectivity index (χ2v) is 5.65. The highest BCUT2D eigenvalue weighted by Gasteiger charge is 2.08. The van der Waals surface area contributed by atoms with Gasteiger partial charge in [0.05, 0.1) is 6.61 Å². The zero-order chi connectivity index (χ0) is 15.5. The van der Waals surface area contributed by atoms with Crippen molar-refractivity contribution in [2.24, 2.45) is 0 Å². The van der Waals surface area contributed by atoms with Gasteiger partial charge in [0.1, 0.15) is 0 Å². The van der Waals surface area contributed by atoms with E-state index in [9.17, 15) is 0 Å². The highest BCUT2D eigenvalue weighted by molar-refractivity contribution is 5.39. The van der Waals surface area contributed by atoms with Gasteiger partial charge in [-0.3, -0.25) is 0 Å². The lowest BCUT2D eigenvalue weighted by atomic mass is 9.90. The maximum Gasteiger partial charge on any atom is 0.0587 e. The Kier molecular flexibility index (Phi) is 9.36. The van der Waals surface area contributed by atoms with Crippen LogP contribution in [0, 0.1) is 0 Å². The van der Waals surface area contributed by atoms with Crippen LogP contribution < -0.4 is 5.32 Å². The number of hydrogen-bond donors (Lipinski definition) is 1. The van der Waals surface area contributed by atoms with Gasteiger partial charge >= 0.3 is 0 Å². The molecule has 0 aliphatic carbocycles. The van der Waals surface area contributed by atoms with E-state index in [0.29, 0.717) is 0 Å². The lowest BCUT2D eigenvalue weighted by Crippen LogP contribution is -2.20. The van der Waals surface area contributed by atoms with Gasteiger partial charge in [0.15, 0.2) is 0 Å². The monoisotopic (exact) mass is 291 g/mol. The van der Waals surface area contributed by atoms with Crippen LogP contribution in [0.25, 0.3) is 0 Å². The van der Waals surface area contributed by atoms with E-state index in [2.05, 4.69) is 38.2 Å². The molecule has 120 valence electrons. The number of nitrogens with one attached hydrogen (secondary N) is 1. The molecule has 0 heterocycles. The van der Waals surface area contributed by atoms with Crippen molar-refractivity contribution in [3.05, 3.63) is 34.4 Å². The van der Waals surface area contributed by atoms with Crippen molar-refractivity contribution < 1.29 is 4.74 Å². The summed E-state index contributed by atoms with van der Waals surface area (Å²) in [7, 11) is 1.75. The molecule has 0 unspecified atom stereocenters. The van der Waals surface area contributed by atoms with Crippen LogP contribution in [-0.2, 0) is 30.4 Å². The number of rotatable bonds is 11. The molecule has 0 aliphatic rings. The molecule has 1 aromatic carbocycles. The van der Waals surface area contributed by atoms with Gasteiger partial charge in [0.2, 0.25) is 0 Å². The third kappa shape index (κ3) is 6.19. The Hall–Kier alpha value is -0.860. The number of unbranched alkanes of at least 4 members (excludes halogenated alkanes) is 1. The summed E-state index contributed by atoms with van der Waals surface area (Å²) in [5.41, 5.74) is 6.25. The molecule has 1 N–H and O–H groups in total. The molecule has 1 aromatic rings. The summed E-state index contributed by atoms with van der Waals surface area (Å²) in [5, 5.41) is 3.42. The molecule has 0 amide bonds. The van der Waals surface area contributed by atoms with Crippen molar-refractivity contribution in [1.29, 1.82) is 0 Å². The molecule has 21 heavy (non-hydrogen) atoms. The zero-order valence-corrected chi connectivity index (χ0v) is 14.4. The third-order valence-electron chi connectivity index (χ3n) is 4.18. The summed E-state index contributed by atoms with van der Waals surface area (Å²) in [6.07, 6.45) is 7.19. The lowest BCUT2D eigenvalue weighted by Gasteiger charge is -2.15. The number of hydrogen-bond acceptors (Lipinski definition) is 2. The number of methoxy groups -OCH3 is 1. The molecule has 1 rings (SSSR count). The van der Waals surface area contributed by atoms with Crippen LogP contribution in [0.3, 0.4) is 0 Å². The van der Waals surface area contributed by atoms with Crippen LogP contribution in [0.5, 0.6) is 0 Å². The first-order valence-electron chi connectivity index (χ1n) is 8.59. The summed E-state index contributed by atoms with van der Waals surface area (Å²) in [6, 6.07) is 4.84. The van der Waals surface area contributed by atoms with E-state index in [-0.39, 0.29) is 0 Å². The van der Waals surface area contributed by atoms with Gasteiger partial charge in [-0.15, -0.1) is 0 Å². The summed E-state index contributed by atoms with van der Waals surface area (Å²) in [4.78, 5) is 0. The molecule has 0 bridgehead atoms. The van der Waals surface area contributed by atoms with Crippen LogP contribution in [0.15, 0.2) is 12.1 Å². The van der Waals surface area contributed by atoms with Crippen LogP contribution in [-0.4, -0.2) is 26.8 Å². The number of aryl methyl sites for hydroxylation is 3. The average Bonchev–Trinajstić information content (AvgIpc) is 2.53.